The molecule has 0 spiro atoms. The zero-order chi connectivity index (χ0) is 12.3. The second-order valence-electron chi connectivity index (χ2n) is 4.10. The van der Waals surface area contributed by atoms with E-state index in [0.717, 1.165) is 5.56 Å². The van der Waals surface area contributed by atoms with Gasteiger partial charge >= 0.3 is 0 Å². The molecular weight excluding hydrogens is 218 g/mol. The Morgan fingerprint density at radius 1 is 1.41 bits per heavy atom. The molecule has 0 saturated heterocycles. The zero-order valence-electron chi connectivity index (χ0n) is 9.45. The highest BCUT2D eigenvalue weighted by Gasteiger charge is 2.24. The van der Waals surface area contributed by atoms with Crippen molar-refractivity contribution in [2.45, 2.75) is 19.1 Å². The maximum Gasteiger partial charge on any atom is 0.171 e. The van der Waals surface area contributed by atoms with Gasteiger partial charge in [-0.25, -0.2) is 4.68 Å². The number of benzene rings is 1. The molecular formula is C12H13N3O2. The summed E-state index contributed by atoms with van der Waals surface area (Å²) in [6.45, 7) is 1.95. The standard InChI is InChI=1S/C12H13N3O2/c1-12(17,10-5-3-2-4-6-10)9-15-7-11(8-16)13-14-15/h2-8,17H,9H2,1H3. The molecule has 1 unspecified atom stereocenters. The van der Waals surface area contributed by atoms with Crippen molar-refractivity contribution in [1.29, 1.82) is 0 Å². The molecule has 5 heteroatoms. The quantitative estimate of drug-likeness (QED) is 0.797. The third-order valence-electron chi connectivity index (χ3n) is 2.54. The summed E-state index contributed by atoms with van der Waals surface area (Å²) in [6.07, 6.45) is 2.13. The summed E-state index contributed by atoms with van der Waals surface area (Å²) in [5, 5.41) is 17.8. The third-order valence-corrected chi connectivity index (χ3v) is 2.54. The van der Waals surface area contributed by atoms with Gasteiger partial charge in [-0.1, -0.05) is 35.5 Å². The van der Waals surface area contributed by atoms with E-state index in [9.17, 15) is 9.90 Å². The number of hydrogen-bond acceptors (Lipinski definition) is 4. The molecule has 0 aliphatic heterocycles. The Bertz CT molecular complexity index is 505. The summed E-state index contributed by atoms with van der Waals surface area (Å²) in [7, 11) is 0. The van der Waals surface area contributed by atoms with E-state index >= 15 is 0 Å². The monoisotopic (exact) mass is 231 g/mol. The zero-order valence-corrected chi connectivity index (χ0v) is 9.45. The molecule has 1 N–H and O–H groups in total. The average Bonchev–Trinajstić information content (AvgIpc) is 2.77. The van der Waals surface area contributed by atoms with Crippen LogP contribution in [0.5, 0.6) is 0 Å². The van der Waals surface area contributed by atoms with Crippen LogP contribution in [-0.4, -0.2) is 26.4 Å². The highest BCUT2D eigenvalue weighted by Crippen LogP contribution is 2.21. The maximum atomic E-state index is 10.5. The first-order valence-electron chi connectivity index (χ1n) is 5.25. The fraction of sp³-hybridized carbons (Fsp3) is 0.250. The number of aliphatic hydroxyl groups is 1. The molecule has 0 fully saturated rings. The SMILES string of the molecule is CC(O)(Cn1cc(C=O)nn1)c1ccccc1. The predicted molar refractivity (Wildman–Crippen MR) is 61.4 cm³/mol. The van der Waals surface area contributed by atoms with Crippen LogP contribution in [0.15, 0.2) is 36.5 Å². The Balaban J connectivity index is 2.19. The van der Waals surface area contributed by atoms with E-state index < -0.39 is 5.60 Å². The van der Waals surface area contributed by atoms with E-state index in [1.807, 2.05) is 30.3 Å². The minimum atomic E-state index is -1.05. The average molecular weight is 231 g/mol. The molecule has 0 radical (unpaired) electrons. The van der Waals surface area contributed by atoms with Gasteiger partial charge in [0.2, 0.25) is 0 Å². The summed E-state index contributed by atoms with van der Waals surface area (Å²) in [4.78, 5) is 10.5. The van der Waals surface area contributed by atoms with Gasteiger partial charge in [0, 0.05) is 0 Å². The number of hydrogen-bond donors (Lipinski definition) is 1. The fourth-order valence-electron chi connectivity index (χ4n) is 1.65. The molecule has 88 valence electrons. The lowest BCUT2D eigenvalue weighted by molar-refractivity contribution is 0.0341. The summed E-state index contributed by atoms with van der Waals surface area (Å²) >= 11 is 0. The molecule has 1 atom stereocenters. The fourth-order valence-corrected chi connectivity index (χ4v) is 1.65. The van der Waals surface area contributed by atoms with Crippen molar-refractivity contribution in [3.63, 3.8) is 0 Å². The lowest BCUT2D eigenvalue weighted by atomic mass is 9.96. The van der Waals surface area contributed by atoms with Crippen LogP contribution in [0.25, 0.3) is 0 Å². The van der Waals surface area contributed by atoms with Crippen LogP contribution in [0.2, 0.25) is 0 Å². The minimum Gasteiger partial charge on any atom is -0.384 e. The van der Waals surface area contributed by atoms with Crippen LogP contribution in [-0.2, 0) is 12.1 Å². The molecule has 0 aliphatic carbocycles. The predicted octanol–water partition coefficient (Wildman–Crippen LogP) is 0.998. The van der Waals surface area contributed by atoms with Gasteiger partial charge in [0.1, 0.15) is 11.3 Å². The second-order valence-corrected chi connectivity index (χ2v) is 4.10. The van der Waals surface area contributed by atoms with Gasteiger partial charge in [-0.2, -0.15) is 0 Å². The van der Waals surface area contributed by atoms with E-state index in [1.54, 1.807) is 6.92 Å². The molecule has 2 rings (SSSR count). The van der Waals surface area contributed by atoms with Gasteiger partial charge in [-0.15, -0.1) is 5.10 Å². The van der Waals surface area contributed by atoms with Gasteiger partial charge in [0.05, 0.1) is 12.7 Å². The van der Waals surface area contributed by atoms with Gasteiger partial charge in [0.15, 0.2) is 6.29 Å². The van der Waals surface area contributed by atoms with Crippen molar-refractivity contribution >= 4 is 6.29 Å². The Morgan fingerprint density at radius 2 is 2.12 bits per heavy atom. The van der Waals surface area contributed by atoms with Gasteiger partial charge in [-0.05, 0) is 12.5 Å². The number of aldehydes is 1. The topological polar surface area (TPSA) is 68.0 Å². The van der Waals surface area contributed by atoms with Crippen LogP contribution in [0, 0.1) is 0 Å². The lowest BCUT2D eigenvalue weighted by Gasteiger charge is -2.23. The number of nitrogens with zero attached hydrogens (tertiary/aromatic N) is 3. The highest BCUT2D eigenvalue weighted by molar-refractivity contribution is 5.70. The molecule has 0 amide bonds. The van der Waals surface area contributed by atoms with Crippen molar-refractivity contribution in [3.8, 4) is 0 Å². The Hall–Kier alpha value is -2.01. The summed E-state index contributed by atoms with van der Waals surface area (Å²) in [5.74, 6) is 0. The van der Waals surface area contributed by atoms with E-state index in [0.29, 0.717) is 6.29 Å². The van der Waals surface area contributed by atoms with Crippen LogP contribution in [0.1, 0.15) is 23.0 Å². The van der Waals surface area contributed by atoms with Crippen LogP contribution in [0.4, 0.5) is 0 Å². The molecule has 5 nitrogen and oxygen atoms in total. The Labute approximate surface area is 98.7 Å². The second kappa shape index (κ2) is 4.47. The third kappa shape index (κ3) is 2.57. The molecule has 0 saturated carbocycles. The van der Waals surface area contributed by atoms with E-state index in [1.165, 1.54) is 10.9 Å². The van der Waals surface area contributed by atoms with Crippen molar-refractivity contribution in [2.75, 3.05) is 0 Å². The maximum absolute atomic E-state index is 10.5. The number of rotatable bonds is 4. The van der Waals surface area contributed by atoms with Crippen molar-refractivity contribution in [1.82, 2.24) is 15.0 Å². The largest absolute Gasteiger partial charge is 0.384 e. The van der Waals surface area contributed by atoms with Crippen LogP contribution < -0.4 is 0 Å². The normalized spacial score (nSPS) is 14.2. The lowest BCUT2D eigenvalue weighted by Crippen LogP contribution is -2.28. The molecule has 2 aromatic rings. The summed E-state index contributed by atoms with van der Waals surface area (Å²) < 4.78 is 1.46. The van der Waals surface area contributed by atoms with Crippen LogP contribution >= 0.6 is 0 Å². The number of aromatic nitrogens is 3. The molecule has 0 bridgehead atoms. The van der Waals surface area contributed by atoms with Crippen LogP contribution in [0.3, 0.4) is 0 Å². The van der Waals surface area contributed by atoms with Crippen molar-refractivity contribution < 1.29 is 9.90 Å². The number of carbonyl (C=O) groups excluding carboxylic acids is 1. The number of carbonyl (C=O) groups is 1. The van der Waals surface area contributed by atoms with Crippen molar-refractivity contribution in [3.05, 3.63) is 47.8 Å². The summed E-state index contributed by atoms with van der Waals surface area (Å²) in [5.41, 5.74) is 0.00628. The minimum absolute atomic E-state index is 0.248. The van der Waals surface area contributed by atoms with Crippen molar-refractivity contribution in [2.24, 2.45) is 0 Å². The molecule has 17 heavy (non-hydrogen) atoms. The first kappa shape index (κ1) is 11.5. The molecule has 1 aromatic heterocycles. The van der Waals surface area contributed by atoms with Gasteiger partial charge in [-0.3, -0.25) is 4.79 Å². The van der Waals surface area contributed by atoms with E-state index in [4.69, 9.17) is 0 Å². The first-order valence-corrected chi connectivity index (χ1v) is 5.25. The first-order chi connectivity index (χ1) is 8.12. The highest BCUT2D eigenvalue weighted by atomic mass is 16.3. The van der Waals surface area contributed by atoms with E-state index in [-0.39, 0.29) is 12.2 Å². The smallest absolute Gasteiger partial charge is 0.171 e. The van der Waals surface area contributed by atoms with Gasteiger partial charge < -0.3 is 5.11 Å². The summed E-state index contributed by atoms with van der Waals surface area (Å²) in [6, 6.07) is 9.30. The Kier molecular flexibility index (Phi) is 3.01. The molecule has 1 aromatic carbocycles. The Morgan fingerprint density at radius 3 is 2.71 bits per heavy atom. The van der Waals surface area contributed by atoms with E-state index in [2.05, 4.69) is 10.3 Å². The van der Waals surface area contributed by atoms with Gasteiger partial charge in [0.25, 0.3) is 0 Å². The molecule has 0 aliphatic rings. The molecule has 1 heterocycles.